The van der Waals surface area contributed by atoms with E-state index in [4.69, 9.17) is 15.2 Å². The minimum Gasteiger partial charge on any atom is -0.487 e. The highest BCUT2D eigenvalue weighted by atomic mass is 16.5. The molecule has 1 aromatic carbocycles. The fourth-order valence-corrected chi connectivity index (χ4v) is 3.43. The molecule has 1 aromatic rings. The van der Waals surface area contributed by atoms with Crippen LogP contribution in [0.15, 0.2) is 18.2 Å². The number of carbonyl (C=O) groups is 1. The van der Waals surface area contributed by atoms with Crippen molar-refractivity contribution in [1.82, 2.24) is 5.32 Å². The molecule has 2 aliphatic heterocycles. The van der Waals surface area contributed by atoms with Gasteiger partial charge in [0.1, 0.15) is 11.4 Å². The Hall–Kier alpha value is -1.75. The van der Waals surface area contributed by atoms with Crippen molar-refractivity contribution >= 4 is 11.6 Å². The van der Waals surface area contributed by atoms with Crippen LogP contribution in [0.25, 0.3) is 0 Å². The largest absolute Gasteiger partial charge is 0.487 e. The number of amides is 1. The van der Waals surface area contributed by atoms with Gasteiger partial charge in [0, 0.05) is 24.3 Å². The van der Waals surface area contributed by atoms with Gasteiger partial charge in [0.05, 0.1) is 18.6 Å². The van der Waals surface area contributed by atoms with Gasteiger partial charge >= 0.3 is 0 Å². The second-order valence-electron chi connectivity index (χ2n) is 7.18. The van der Waals surface area contributed by atoms with Crippen molar-refractivity contribution in [2.24, 2.45) is 0 Å². The number of nitrogens with two attached hydrogens (primary N) is 1. The lowest BCUT2D eigenvalue weighted by molar-refractivity contribution is -0.126. The molecule has 126 valence electrons. The van der Waals surface area contributed by atoms with Crippen LogP contribution in [0.3, 0.4) is 0 Å². The molecule has 5 nitrogen and oxygen atoms in total. The number of hydrogen-bond donors (Lipinski definition) is 2. The van der Waals surface area contributed by atoms with Crippen LogP contribution in [0.2, 0.25) is 0 Å². The minimum absolute atomic E-state index is 0.0352. The summed E-state index contributed by atoms with van der Waals surface area (Å²) in [4.78, 5) is 12.4. The van der Waals surface area contributed by atoms with E-state index < -0.39 is 0 Å². The molecule has 0 spiro atoms. The number of benzene rings is 1. The predicted molar refractivity (Wildman–Crippen MR) is 89.3 cm³/mol. The van der Waals surface area contributed by atoms with E-state index in [1.54, 1.807) is 0 Å². The standard InChI is InChI=1S/C18H26N2O3/c1-18(2)11-15(14-9-12(19)6-7-16(14)23-18)20-17(21)10-13-5-3-4-8-22-13/h6-7,9,13,15H,3-5,8,10-11,19H2,1-2H3,(H,20,21). The monoisotopic (exact) mass is 318 g/mol. The SMILES string of the molecule is CC1(C)CC(NC(=O)CC2CCCCO2)c2cc(N)ccc2O1. The van der Waals surface area contributed by atoms with E-state index in [0.717, 1.165) is 43.6 Å². The van der Waals surface area contributed by atoms with Gasteiger partial charge in [0.15, 0.2) is 0 Å². The highest BCUT2D eigenvalue weighted by molar-refractivity contribution is 5.77. The van der Waals surface area contributed by atoms with Gasteiger partial charge in [-0.15, -0.1) is 0 Å². The Labute approximate surface area is 137 Å². The fourth-order valence-electron chi connectivity index (χ4n) is 3.43. The highest BCUT2D eigenvalue weighted by Crippen LogP contribution is 2.40. The Morgan fingerprint density at radius 3 is 2.96 bits per heavy atom. The van der Waals surface area contributed by atoms with Gasteiger partial charge in [-0.2, -0.15) is 0 Å². The summed E-state index contributed by atoms with van der Waals surface area (Å²) >= 11 is 0. The summed E-state index contributed by atoms with van der Waals surface area (Å²) in [5, 5.41) is 3.15. The van der Waals surface area contributed by atoms with Crippen molar-refractivity contribution in [1.29, 1.82) is 0 Å². The highest BCUT2D eigenvalue weighted by Gasteiger charge is 2.35. The van der Waals surface area contributed by atoms with Crippen LogP contribution >= 0.6 is 0 Å². The maximum atomic E-state index is 12.4. The molecule has 2 unspecified atom stereocenters. The Morgan fingerprint density at radius 1 is 1.39 bits per heavy atom. The van der Waals surface area contributed by atoms with E-state index in [1.807, 2.05) is 32.0 Å². The van der Waals surface area contributed by atoms with Gasteiger partial charge in [-0.05, 0) is 51.3 Å². The zero-order valence-electron chi connectivity index (χ0n) is 13.9. The van der Waals surface area contributed by atoms with Crippen molar-refractivity contribution in [3.63, 3.8) is 0 Å². The number of fused-ring (bicyclic) bond motifs is 1. The lowest BCUT2D eigenvalue weighted by atomic mass is 9.89. The van der Waals surface area contributed by atoms with Crippen molar-refractivity contribution in [2.75, 3.05) is 12.3 Å². The summed E-state index contributed by atoms with van der Waals surface area (Å²) in [5.41, 5.74) is 7.23. The lowest BCUT2D eigenvalue weighted by Gasteiger charge is -2.38. The summed E-state index contributed by atoms with van der Waals surface area (Å²) in [5.74, 6) is 0.836. The number of anilines is 1. The molecule has 2 heterocycles. The molecule has 2 aliphatic rings. The van der Waals surface area contributed by atoms with Gasteiger partial charge in [0.25, 0.3) is 0 Å². The lowest BCUT2D eigenvalue weighted by Crippen LogP contribution is -2.42. The Morgan fingerprint density at radius 2 is 2.22 bits per heavy atom. The molecule has 3 rings (SSSR count). The molecular formula is C18H26N2O3. The average Bonchev–Trinajstić information content (AvgIpc) is 2.48. The summed E-state index contributed by atoms with van der Waals surface area (Å²) in [6, 6.07) is 5.53. The van der Waals surface area contributed by atoms with Crippen molar-refractivity contribution < 1.29 is 14.3 Å². The van der Waals surface area contributed by atoms with Gasteiger partial charge in [-0.3, -0.25) is 4.79 Å². The Balaban J connectivity index is 1.71. The first-order valence-electron chi connectivity index (χ1n) is 8.42. The average molecular weight is 318 g/mol. The van der Waals surface area contributed by atoms with Crippen LogP contribution in [0, 0.1) is 0 Å². The number of rotatable bonds is 3. The van der Waals surface area contributed by atoms with Gasteiger partial charge in [-0.25, -0.2) is 0 Å². The second-order valence-corrected chi connectivity index (χ2v) is 7.18. The molecule has 1 amide bonds. The molecule has 0 aromatic heterocycles. The molecule has 3 N–H and O–H groups in total. The van der Waals surface area contributed by atoms with E-state index in [-0.39, 0.29) is 23.7 Å². The van der Waals surface area contributed by atoms with Gasteiger partial charge in [-0.1, -0.05) is 0 Å². The smallest absolute Gasteiger partial charge is 0.223 e. The first-order chi connectivity index (χ1) is 10.9. The zero-order valence-corrected chi connectivity index (χ0v) is 13.9. The number of nitrogens with one attached hydrogen (secondary N) is 1. The van der Waals surface area contributed by atoms with Crippen molar-refractivity contribution in [3.05, 3.63) is 23.8 Å². The predicted octanol–water partition coefficient (Wildman–Crippen LogP) is 2.95. The van der Waals surface area contributed by atoms with E-state index in [2.05, 4.69) is 5.32 Å². The Bertz CT molecular complexity index is 580. The first kappa shape index (κ1) is 16.1. The molecule has 0 saturated carbocycles. The summed E-state index contributed by atoms with van der Waals surface area (Å²) in [7, 11) is 0. The molecule has 2 atom stereocenters. The van der Waals surface area contributed by atoms with E-state index in [1.165, 1.54) is 0 Å². The molecule has 1 fully saturated rings. The molecule has 23 heavy (non-hydrogen) atoms. The molecule has 0 radical (unpaired) electrons. The van der Waals surface area contributed by atoms with Crippen LogP contribution in [-0.2, 0) is 9.53 Å². The first-order valence-corrected chi connectivity index (χ1v) is 8.42. The van der Waals surface area contributed by atoms with Crippen molar-refractivity contribution in [2.45, 2.75) is 63.7 Å². The second kappa shape index (κ2) is 6.40. The molecule has 1 saturated heterocycles. The van der Waals surface area contributed by atoms with Crippen LogP contribution in [0.1, 0.15) is 57.6 Å². The normalized spacial score (nSPS) is 26.0. The van der Waals surface area contributed by atoms with E-state index >= 15 is 0 Å². The topological polar surface area (TPSA) is 73.6 Å². The van der Waals surface area contributed by atoms with E-state index in [9.17, 15) is 4.79 Å². The number of hydrogen-bond acceptors (Lipinski definition) is 4. The Kier molecular flexibility index (Phi) is 4.48. The molecule has 0 aliphatic carbocycles. The number of ether oxygens (including phenoxy) is 2. The minimum atomic E-state index is -0.317. The van der Waals surface area contributed by atoms with Crippen LogP contribution in [0.5, 0.6) is 5.75 Å². The summed E-state index contributed by atoms with van der Waals surface area (Å²) in [6.45, 7) is 4.84. The molecule has 0 bridgehead atoms. The fraction of sp³-hybridized carbons (Fsp3) is 0.611. The summed E-state index contributed by atoms with van der Waals surface area (Å²) < 4.78 is 11.7. The van der Waals surface area contributed by atoms with Crippen LogP contribution < -0.4 is 15.8 Å². The number of nitrogen functional groups attached to an aromatic ring is 1. The summed E-state index contributed by atoms with van der Waals surface area (Å²) in [6.07, 6.45) is 4.41. The van der Waals surface area contributed by atoms with Crippen molar-refractivity contribution in [3.8, 4) is 5.75 Å². The maximum Gasteiger partial charge on any atom is 0.223 e. The third-order valence-corrected chi connectivity index (χ3v) is 4.51. The van der Waals surface area contributed by atoms with Gasteiger partial charge in [0.2, 0.25) is 5.91 Å². The quantitative estimate of drug-likeness (QED) is 0.840. The molecule has 5 heteroatoms. The maximum absolute atomic E-state index is 12.4. The third kappa shape index (κ3) is 3.96. The zero-order chi connectivity index (χ0) is 16.4. The number of carbonyl (C=O) groups excluding carboxylic acids is 1. The molecular weight excluding hydrogens is 292 g/mol. The van der Waals surface area contributed by atoms with E-state index in [0.29, 0.717) is 12.1 Å². The van der Waals surface area contributed by atoms with Crippen LogP contribution in [-0.4, -0.2) is 24.2 Å². The van der Waals surface area contributed by atoms with Gasteiger partial charge < -0.3 is 20.5 Å². The third-order valence-electron chi connectivity index (χ3n) is 4.51. The van der Waals surface area contributed by atoms with Crippen LogP contribution in [0.4, 0.5) is 5.69 Å².